The third-order valence-corrected chi connectivity index (χ3v) is 4.68. The summed E-state index contributed by atoms with van der Waals surface area (Å²) >= 11 is 1.90. The van der Waals surface area contributed by atoms with E-state index in [1.165, 1.54) is 0 Å². The van der Waals surface area contributed by atoms with E-state index >= 15 is 0 Å². The van der Waals surface area contributed by atoms with Crippen LogP contribution in [-0.2, 0) is 0 Å². The van der Waals surface area contributed by atoms with Crippen LogP contribution in [0.15, 0.2) is 0 Å². The molecule has 0 bridgehead atoms. The maximum atomic E-state index is 13.1. The maximum Gasteiger partial charge on any atom is 0.248 e. The van der Waals surface area contributed by atoms with Crippen LogP contribution in [0, 0.1) is 5.92 Å². The van der Waals surface area contributed by atoms with Gasteiger partial charge in [0.05, 0.1) is 0 Å². The zero-order chi connectivity index (χ0) is 13.1. The van der Waals surface area contributed by atoms with Crippen LogP contribution in [0.1, 0.15) is 46.5 Å². The molecule has 2 unspecified atom stereocenters. The summed E-state index contributed by atoms with van der Waals surface area (Å²) in [5, 5.41) is 3.26. The van der Waals surface area contributed by atoms with E-state index in [1.807, 2.05) is 18.8 Å². The molecule has 1 fully saturated rings. The molecule has 17 heavy (non-hydrogen) atoms. The normalized spacial score (nSPS) is 26.1. The average Bonchev–Trinajstić information content (AvgIpc) is 2.51. The van der Waals surface area contributed by atoms with Crippen LogP contribution < -0.4 is 5.32 Å². The Morgan fingerprint density at radius 3 is 2.47 bits per heavy atom. The first-order chi connectivity index (χ1) is 7.72. The molecule has 1 rings (SSSR count). The molecule has 0 heterocycles. The van der Waals surface area contributed by atoms with E-state index in [0.29, 0.717) is 12.5 Å². The van der Waals surface area contributed by atoms with Crippen molar-refractivity contribution in [2.45, 2.75) is 63.2 Å². The second kappa shape index (κ2) is 5.87. The molecule has 1 N–H and O–H groups in total. The van der Waals surface area contributed by atoms with Crippen LogP contribution in [0.5, 0.6) is 0 Å². The fourth-order valence-corrected chi connectivity index (χ4v) is 3.27. The highest BCUT2D eigenvalue weighted by Crippen LogP contribution is 2.41. The van der Waals surface area contributed by atoms with Crippen molar-refractivity contribution < 1.29 is 8.78 Å². The van der Waals surface area contributed by atoms with Gasteiger partial charge in [-0.15, -0.1) is 0 Å². The molecular formula is C13H25F2NS. The van der Waals surface area contributed by atoms with Gasteiger partial charge in [0.25, 0.3) is 0 Å². The van der Waals surface area contributed by atoms with E-state index in [-0.39, 0.29) is 23.5 Å². The summed E-state index contributed by atoms with van der Waals surface area (Å²) in [7, 11) is 1.93. The van der Waals surface area contributed by atoms with Crippen molar-refractivity contribution in [2.75, 3.05) is 12.8 Å². The largest absolute Gasteiger partial charge is 0.316 e. The van der Waals surface area contributed by atoms with Gasteiger partial charge in [-0.05, 0) is 25.8 Å². The zero-order valence-corrected chi connectivity index (χ0v) is 12.2. The topological polar surface area (TPSA) is 12.0 Å². The van der Waals surface area contributed by atoms with Gasteiger partial charge in [-0.25, -0.2) is 8.78 Å². The SMILES string of the molecule is CNC(CSC(C)(C)C)CC1CCC(F)(F)C1. The lowest BCUT2D eigenvalue weighted by Crippen LogP contribution is -2.31. The molecule has 1 saturated carbocycles. The van der Waals surface area contributed by atoms with E-state index in [4.69, 9.17) is 0 Å². The summed E-state index contributed by atoms with van der Waals surface area (Å²) < 4.78 is 26.4. The quantitative estimate of drug-likeness (QED) is 0.808. The van der Waals surface area contributed by atoms with Crippen molar-refractivity contribution in [1.29, 1.82) is 0 Å². The minimum atomic E-state index is -2.40. The second-order valence-electron chi connectivity index (χ2n) is 6.11. The fraction of sp³-hybridized carbons (Fsp3) is 1.00. The second-order valence-corrected chi connectivity index (χ2v) is 7.96. The van der Waals surface area contributed by atoms with Gasteiger partial charge in [0, 0.05) is 29.4 Å². The van der Waals surface area contributed by atoms with Crippen molar-refractivity contribution in [3.8, 4) is 0 Å². The summed E-state index contributed by atoms with van der Waals surface area (Å²) in [6.45, 7) is 6.57. The minimum absolute atomic E-state index is 0.0838. The van der Waals surface area contributed by atoms with Crippen molar-refractivity contribution in [2.24, 2.45) is 5.92 Å². The Bertz CT molecular complexity index is 238. The van der Waals surface area contributed by atoms with Gasteiger partial charge < -0.3 is 5.32 Å². The molecule has 0 radical (unpaired) electrons. The molecule has 0 saturated heterocycles. The third kappa shape index (κ3) is 6.05. The highest BCUT2D eigenvalue weighted by atomic mass is 32.2. The smallest absolute Gasteiger partial charge is 0.248 e. The number of halogens is 2. The highest BCUT2D eigenvalue weighted by molar-refractivity contribution is 8.00. The number of hydrogen-bond acceptors (Lipinski definition) is 2. The molecule has 0 amide bonds. The van der Waals surface area contributed by atoms with Crippen molar-refractivity contribution in [3.05, 3.63) is 0 Å². The summed E-state index contributed by atoms with van der Waals surface area (Å²) in [6.07, 6.45) is 1.74. The summed E-state index contributed by atoms with van der Waals surface area (Å²) in [5.41, 5.74) is 0. The Labute approximate surface area is 108 Å². The minimum Gasteiger partial charge on any atom is -0.316 e. The Morgan fingerprint density at radius 1 is 1.41 bits per heavy atom. The lowest BCUT2D eigenvalue weighted by molar-refractivity contribution is 0.00444. The van der Waals surface area contributed by atoms with Crippen molar-refractivity contribution in [1.82, 2.24) is 5.32 Å². The van der Waals surface area contributed by atoms with Gasteiger partial charge in [0.2, 0.25) is 5.92 Å². The molecule has 0 aromatic carbocycles. The van der Waals surface area contributed by atoms with Gasteiger partial charge in [-0.1, -0.05) is 20.8 Å². The standard InChI is InChI=1S/C13H25F2NS/c1-12(2,3)17-9-11(16-4)7-10-5-6-13(14,15)8-10/h10-11,16H,5-9H2,1-4H3. The highest BCUT2D eigenvalue weighted by Gasteiger charge is 2.39. The van der Waals surface area contributed by atoms with Gasteiger partial charge in [0.1, 0.15) is 0 Å². The maximum absolute atomic E-state index is 13.1. The number of nitrogens with one attached hydrogen (secondary N) is 1. The van der Waals surface area contributed by atoms with Crippen LogP contribution in [-0.4, -0.2) is 29.5 Å². The summed E-state index contributed by atoms with van der Waals surface area (Å²) in [5.74, 6) is -1.20. The van der Waals surface area contributed by atoms with Crippen LogP contribution in [0.3, 0.4) is 0 Å². The Hall–Kier alpha value is 0.170. The summed E-state index contributed by atoms with van der Waals surface area (Å²) in [6, 6.07) is 0.359. The molecule has 0 aromatic heterocycles. The number of thioether (sulfide) groups is 1. The predicted molar refractivity (Wildman–Crippen MR) is 72.0 cm³/mol. The van der Waals surface area contributed by atoms with E-state index in [0.717, 1.165) is 12.2 Å². The van der Waals surface area contributed by atoms with Crippen LogP contribution in [0.4, 0.5) is 8.78 Å². The van der Waals surface area contributed by atoms with Crippen molar-refractivity contribution in [3.63, 3.8) is 0 Å². The third-order valence-electron chi connectivity index (χ3n) is 3.25. The zero-order valence-electron chi connectivity index (χ0n) is 11.4. The Morgan fingerprint density at radius 2 is 2.06 bits per heavy atom. The molecule has 102 valence electrons. The molecule has 4 heteroatoms. The summed E-state index contributed by atoms with van der Waals surface area (Å²) in [4.78, 5) is 0. The molecule has 0 aromatic rings. The van der Waals surface area contributed by atoms with E-state index < -0.39 is 5.92 Å². The van der Waals surface area contributed by atoms with Crippen LogP contribution in [0.2, 0.25) is 0 Å². The van der Waals surface area contributed by atoms with Gasteiger partial charge >= 0.3 is 0 Å². The predicted octanol–water partition coefficient (Wildman–Crippen LogP) is 3.93. The lowest BCUT2D eigenvalue weighted by atomic mass is 9.99. The van der Waals surface area contributed by atoms with E-state index in [2.05, 4.69) is 26.1 Å². The average molecular weight is 265 g/mol. The van der Waals surface area contributed by atoms with Crippen LogP contribution in [0.25, 0.3) is 0 Å². The monoisotopic (exact) mass is 265 g/mol. The van der Waals surface area contributed by atoms with Gasteiger partial charge in [0.15, 0.2) is 0 Å². The first-order valence-electron chi connectivity index (χ1n) is 6.41. The lowest BCUT2D eigenvalue weighted by Gasteiger charge is -2.24. The molecule has 1 aliphatic rings. The molecule has 2 atom stereocenters. The number of alkyl halides is 2. The molecule has 1 nitrogen and oxygen atoms in total. The first kappa shape index (κ1) is 15.2. The molecular weight excluding hydrogens is 240 g/mol. The van der Waals surface area contributed by atoms with Gasteiger partial charge in [-0.2, -0.15) is 11.8 Å². The van der Waals surface area contributed by atoms with E-state index in [1.54, 1.807) is 0 Å². The first-order valence-corrected chi connectivity index (χ1v) is 7.39. The fourth-order valence-electron chi connectivity index (χ4n) is 2.27. The van der Waals surface area contributed by atoms with Crippen molar-refractivity contribution >= 4 is 11.8 Å². The van der Waals surface area contributed by atoms with E-state index in [9.17, 15) is 8.78 Å². The van der Waals surface area contributed by atoms with Crippen LogP contribution >= 0.6 is 11.8 Å². The molecule has 0 aliphatic heterocycles. The van der Waals surface area contributed by atoms with Gasteiger partial charge in [-0.3, -0.25) is 0 Å². The number of rotatable bonds is 5. The molecule has 1 aliphatic carbocycles. The Kier molecular flexibility index (Phi) is 5.26. The Balaban J connectivity index is 2.33. The number of hydrogen-bond donors (Lipinski definition) is 1. The molecule has 0 spiro atoms.